The topological polar surface area (TPSA) is 76.1 Å². The minimum Gasteiger partial charge on any atom is -0.507 e. The van der Waals surface area contributed by atoms with Crippen LogP contribution in [-0.2, 0) is 20.4 Å². The number of carbonyl (C=O) groups excluding carboxylic acids is 2. The van der Waals surface area contributed by atoms with Gasteiger partial charge in [-0.3, -0.25) is 14.5 Å². The maximum atomic E-state index is 13.6. The summed E-state index contributed by atoms with van der Waals surface area (Å²) in [5, 5.41) is 11.7. The molecule has 0 bridgehead atoms. The molecule has 1 fully saturated rings. The highest BCUT2D eigenvalue weighted by Gasteiger charge is 2.47. The number of nitrogens with zero attached hydrogens (tertiary/aromatic N) is 1. The molecule has 1 saturated heterocycles. The highest BCUT2D eigenvalue weighted by atomic mass is 16.5. The zero-order chi connectivity index (χ0) is 28.7. The Kier molecular flexibility index (Phi) is 7.35. The zero-order valence-electron chi connectivity index (χ0n) is 24.0. The molecule has 1 amide bonds. The highest BCUT2D eigenvalue weighted by Crippen LogP contribution is 2.44. The fourth-order valence-electron chi connectivity index (χ4n) is 4.83. The Morgan fingerprint density at radius 3 is 1.85 bits per heavy atom. The van der Waals surface area contributed by atoms with E-state index < -0.39 is 17.7 Å². The average molecular weight is 528 g/mol. The third-order valence-electron chi connectivity index (χ3n) is 7.21. The number of hydrogen-bond donors (Lipinski definition) is 1. The van der Waals surface area contributed by atoms with Gasteiger partial charge in [0.15, 0.2) is 0 Å². The van der Waals surface area contributed by atoms with Crippen LogP contribution in [0.25, 0.3) is 5.76 Å². The molecular weight excluding hydrogens is 490 g/mol. The summed E-state index contributed by atoms with van der Waals surface area (Å²) in [6.07, 6.45) is 0. The van der Waals surface area contributed by atoms with Crippen LogP contribution < -0.4 is 14.4 Å². The molecule has 0 radical (unpaired) electrons. The summed E-state index contributed by atoms with van der Waals surface area (Å²) < 4.78 is 10.9. The van der Waals surface area contributed by atoms with E-state index in [1.165, 1.54) is 12.0 Å². The first-order valence-corrected chi connectivity index (χ1v) is 13.0. The van der Waals surface area contributed by atoms with E-state index >= 15 is 0 Å². The van der Waals surface area contributed by atoms with E-state index in [-0.39, 0.29) is 22.2 Å². The second-order valence-electron chi connectivity index (χ2n) is 11.9. The molecule has 0 aromatic heterocycles. The summed E-state index contributed by atoms with van der Waals surface area (Å²) in [7, 11) is 3.09. The van der Waals surface area contributed by atoms with E-state index in [0.29, 0.717) is 28.3 Å². The van der Waals surface area contributed by atoms with E-state index in [1.807, 2.05) is 48.5 Å². The molecule has 1 aliphatic heterocycles. The maximum absolute atomic E-state index is 13.6. The van der Waals surface area contributed by atoms with E-state index in [4.69, 9.17) is 9.47 Å². The molecule has 1 aliphatic rings. The number of amides is 1. The van der Waals surface area contributed by atoms with Crippen molar-refractivity contribution in [2.24, 2.45) is 0 Å². The van der Waals surface area contributed by atoms with Crippen molar-refractivity contribution in [2.45, 2.75) is 58.4 Å². The Morgan fingerprint density at radius 1 is 0.769 bits per heavy atom. The number of aliphatic hydroxyl groups excluding tert-OH is 1. The van der Waals surface area contributed by atoms with Crippen LogP contribution in [-0.4, -0.2) is 31.0 Å². The average Bonchev–Trinajstić information content (AvgIpc) is 3.17. The molecule has 204 valence electrons. The monoisotopic (exact) mass is 527 g/mol. The van der Waals surface area contributed by atoms with Gasteiger partial charge in [0.05, 0.1) is 31.4 Å². The molecule has 1 unspecified atom stereocenters. The smallest absolute Gasteiger partial charge is 0.300 e. The summed E-state index contributed by atoms with van der Waals surface area (Å²) in [5.41, 5.74) is 3.39. The van der Waals surface area contributed by atoms with Crippen molar-refractivity contribution in [3.8, 4) is 11.5 Å². The van der Waals surface area contributed by atoms with Crippen LogP contribution >= 0.6 is 0 Å². The number of aliphatic hydroxyl groups is 1. The molecule has 3 aromatic carbocycles. The van der Waals surface area contributed by atoms with Gasteiger partial charge in [0.2, 0.25) is 0 Å². The number of carbonyl (C=O) groups is 2. The number of anilines is 1. The second-order valence-corrected chi connectivity index (χ2v) is 11.9. The van der Waals surface area contributed by atoms with Gasteiger partial charge in [-0.25, -0.2) is 0 Å². The Hall–Kier alpha value is -4.06. The lowest BCUT2D eigenvalue weighted by Gasteiger charge is -2.27. The molecule has 6 nitrogen and oxygen atoms in total. The van der Waals surface area contributed by atoms with Gasteiger partial charge in [0, 0.05) is 5.69 Å². The minimum absolute atomic E-state index is 0.00873. The van der Waals surface area contributed by atoms with Crippen molar-refractivity contribution in [3.63, 3.8) is 0 Å². The van der Waals surface area contributed by atoms with Gasteiger partial charge in [0.25, 0.3) is 11.7 Å². The third kappa shape index (κ3) is 5.29. The molecule has 39 heavy (non-hydrogen) atoms. The van der Waals surface area contributed by atoms with Gasteiger partial charge in [-0.05, 0) is 63.9 Å². The maximum Gasteiger partial charge on any atom is 0.300 e. The molecular formula is C33H37NO5. The number of benzene rings is 3. The summed E-state index contributed by atoms with van der Waals surface area (Å²) in [4.78, 5) is 28.7. The Labute approximate surface area is 230 Å². The van der Waals surface area contributed by atoms with E-state index in [2.05, 4.69) is 41.5 Å². The number of rotatable bonds is 5. The molecule has 0 saturated carbocycles. The van der Waals surface area contributed by atoms with Crippen LogP contribution in [0.4, 0.5) is 5.69 Å². The van der Waals surface area contributed by atoms with E-state index in [0.717, 1.165) is 11.1 Å². The second kappa shape index (κ2) is 10.3. The molecule has 3 aromatic rings. The molecule has 1 atom stereocenters. The van der Waals surface area contributed by atoms with Gasteiger partial charge >= 0.3 is 0 Å². The lowest BCUT2D eigenvalue weighted by Crippen LogP contribution is -2.29. The van der Waals surface area contributed by atoms with Gasteiger partial charge in [-0.2, -0.15) is 0 Å². The highest BCUT2D eigenvalue weighted by molar-refractivity contribution is 6.51. The van der Waals surface area contributed by atoms with Crippen molar-refractivity contribution in [2.75, 3.05) is 19.1 Å². The van der Waals surface area contributed by atoms with Crippen LogP contribution in [0.1, 0.15) is 69.8 Å². The van der Waals surface area contributed by atoms with Gasteiger partial charge in [-0.1, -0.05) is 71.9 Å². The lowest BCUT2D eigenvalue weighted by atomic mass is 9.85. The first kappa shape index (κ1) is 28.0. The number of ether oxygens (including phenoxy) is 2. The molecule has 4 rings (SSSR count). The molecule has 1 N–H and O–H groups in total. The fraction of sp³-hybridized carbons (Fsp3) is 0.333. The first-order chi connectivity index (χ1) is 18.3. The van der Waals surface area contributed by atoms with Crippen LogP contribution in [0.2, 0.25) is 0 Å². The SMILES string of the molecule is COc1ccc(C2/C(=C(\O)c3cc(C(C)(C)C)ccc3OC)C(=O)C(=O)N2c2ccc(C(C)(C)C)cc2)cc1. The zero-order valence-corrected chi connectivity index (χ0v) is 24.0. The standard InChI is InChI=1S/C33H37NO5/c1-32(2,3)21-11-14-23(15-12-21)34-28(20-9-16-24(38-7)17-10-20)27(30(36)31(34)37)29(35)25-19-22(33(4,5)6)13-18-26(25)39-8/h9-19,28,35H,1-8H3/b29-27+. The number of methoxy groups -OCH3 is 2. The quantitative estimate of drug-likeness (QED) is 0.221. The largest absolute Gasteiger partial charge is 0.507 e. The van der Waals surface area contributed by atoms with E-state index in [9.17, 15) is 14.7 Å². The summed E-state index contributed by atoms with van der Waals surface area (Å²) in [6.45, 7) is 12.5. The van der Waals surface area contributed by atoms with Crippen molar-refractivity contribution in [1.29, 1.82) is 0 Å². The van der Waals surface area contributed by atoms with Crippen molar-refractivity contribution in [3.05, 3.63) is 94.6 Å². The Bertz CT molecular complexity index is 1420. The Balaban J connectivity index is 1.96. The predicted octanol–water partition coefficient (Wildman–Crippen LogP) is 6.93. The number of hydrogen-bond acceptors (Lipinski definition) is 5. The van der Waals surface area contributed by atoms with Crippen LogP contribution in [0.3, 0.4) is 0 Å². The first-order valence-electron chi connectivity index (χ1n) is 13.0. The van der Waals surface area contributed by atoms with Crippen LogP contribution in [0.5, 0.6) is 11.5 Å². The normalized spacial score (nSPS) is 17.4. The number of Topliss-reactive ketones (excluding diaryl/α,β-unsaturated/α-hetero) is 1. The molecule has 0 aliphatic carbocycles. The lowest BCUT2D eigenvalue weighted by molar-refractivity contribution is -0.132. The van der Waals surface area contributed by atoms with Crippen LogP contribution in [0.15, 0.2) is 72.3 Å². The molecule has 1 heterocycles. The Morgan fingerprint density at radius 2 is 1.33 bits per heavy atom. The summed E-state index contributed by atoms with van der Waals surface area (Å²) in [5.74, 6) is -0.673. The predicted molar refractivity (Wildman–Crippen MR) is 155 cm³/mol. The summed E-state index contributed by atoms with van der Waals surface area (Å²) >= 11 is 0. The van der Waals surface area contributed by atoms with Gasteiger partial charge in [-0.15, -0.1) is 0 Å². The van der Waals surface area contributed by atoms with Gasteiger partial charge < -0.3 is 14.6 Å². The number of ketones is 1. The van der Waals surface area contributed by atoms with Crippen molar-refractivity contribution < 1.29 is 24.2 Å². The van der Waals surface area contributed by atoms with Crippen LogP contribution in [0, 0.1) is 0 Å². The third-order valence-corrected chi connectivity index (χ3v) is 7.21. The van der Waals surface area contributed by atoms with Gasteiger partial charge in [0.1, 0.15) is 17.3 Å². The van der Waals surface area contributed by atoms with E-state index in [1.54, 1.807) is 25.3 Å². The summed E-state index contributed by atoms with van der Waals surface area (Å²) in [6, 6.07) is 19.5. The van der Waals surface area contributed by atoms with Crippen molar-refractivity contribution >= 4 is 23.1 Å². The minimum atomic E-state index is -0.848. The molecule has 0 spiro atoms. The van der Waals surface area contributed by atoms with Crippen molar-refractivity contribution in [1.82, 2.24) is 0 Å². The molecule has 6 heteroatoms. The fourth-order valence-corrected chi connectivity index (χ4v) is 4.83.